The molecule has 1 amide bonds. The molecule has 1 heterocycles. The summed E-state index contributed by atoms with van der Waals surface area (Å²) < 4.78 is 27.6. The number of allylic oxidation sites excluding steroid dienone is 1. The Labute approximate surface area is 255 Å². The number of ketones is 1. The van der Waals surface area contributed by atoms with Gasteiger partial charge in [0.25, 0.3) is 5.91 Å². The first-order valence-electron chi connectivity index (χ1n) is 15.1. The van der Waals surface area contributed by atoms with Gasteiger partial charge in [0, 0.05) is 35.5 Å². The number of aliphatic hydroxyl groups is 2. The highest BCUT2D eigenvalue weighted by Gasteiger charge is 2.44. The lowest BCUT2D eigenvalue weighted by atomic mass is 9.84. The first-order valence-corrected chi connectivity index (χ1v) is 15.1. The Morgan fingerprint density at radius 1 is 0.977 bits per heavy atom. The Morgan fingerprint density at radius 3 is 2.12 bits per heavy atom. The molecule has 8 nitrogen and oxygen atoms in total. The number of carbonyl (C=O) groups is 2. The van der Waals surface area contributed by atoms with E-state index in [0.717, 1.165) is 5.56 Å². The van der Waals surface area contributed by atoms with Crippen molar-refractivity contribution in [1.82, 2.24) is 9.80 Å². The van der Waals surface area contributed by atoms with Crippen LogP contribution in [0.5, 0.6) is 11.5 Å². The van der Waals surface area contributed by atoms with Gasteiger partial charge in [0.2, 0.25) is 0 Å². The predicted octanol–water partition coefficient (Wildman–Crippen LogP) is 5.53. The molecule has 0 aromatic heterocycles. The van der Waals surface area contributed by atoms with Crippen LogP contribution in [0.2, 0.25) is 0 Å². The molecule has 0 atom stereocenters. The third-order valence-electron chi connectivity index (χ3n) is 7.75. The fraction of sp³-hybridized carbons (Fsp3) is 0.529. The SMILES string of the molecule is CCC=C1c2c(cc(OCC)c(OCC)c2F)C(C)(C)N1CC(=O)c1cc(C(=O)N(CCO)CCO)cc(C(C)(C)C)c1. The van der Waals surface area contributed by atoms with Crippen molar-refractivity contribution in [1.29, 1.82) is 0 Å². The monoisotopic (exact) mass is 598 g/mol. The van der Waals surface area contributed by atoms with E-state index in [1.807, 2.05) is 71.6 Å². The molecule has 2 aromatic rings. The van der Waals surface area contributed by atoms with Crippen molar-refractivity contribution in [2.75, 3.05) is 46.1 Å². The normalized spacial score (nSPS) is 15.0. The number of rotatable bonds is 13. The maximum atomic E-state index is 16.2. The third kappa shape index (κ3) is 7.04. The summed E-state index contributed by atoms with van der Waals surface area (Å²) in [6.45, 7) is 15.7. The minimum atomic E-state index is -0.761. The summed E-state index contributed by atoms with van der Waals surface area (Å²) in [5.41, 5.74) is 2.05. The molecule has 0 aliphatic carbocycles. The summed E-state index contributed by atoms with van der Waals surface area (Å²) in [4.78, 5) is 30.8. The van der Waals surface area contributed by atoms with E-state index in [9.17, 15) is 19.8 Å². The smallest absolute Gasteiger partial charge is 0.254 e. The van der Waals surface area contributed by atoms with Crippen LogP contribution in [-0.4, -0.2) is 77.8 Å². The van der Waals surface area contributed by atoms with E-state index >= 15 is 4.39 Å². The molecule has 0 saturated carbocycles. The fourth-order valence-corrected chi connectivity index (χ4v) is 5.47. The first kappa shape index (κ1) is 34.1. The standard InChI is InChI=1S/C34H47FN2O6/c1-9-12-26-29-25(20-28(42-10-2)31(30(29)35)43-11-3)34(7,8)37(26)21-27(40)22-17-23(19-24(18-22)33(4,5)6)32(41)36(13-15-38)14-16-39/h12,17-20,38-39H,9-11,13-16,21H2,1-8H3. The first-order chi connectivity index (χ1) is 20.3. The second-order valence-electron chi connectivity index (χ2n) is 12.2. The third-order valence-corrected chi connectivity index (χ3v) is 7.75. The van der Waals surface area contributed by atoms with Gasteiger partial charge in [-0.2, -0.15) is 0 Å². The molecule has 3 rings (SSSR count). The topological polar surface area (TPSA) is 99.5 Å². The van der Waals surface area contributed by atoms with Crippen molar-refractivity contribution in [2.24, 2.45) is 0 Å². The van der Waals surface area contributed by atoms with Crippen LogP contribution in [0.4, 0.5) is 4.39 Å². The van der Waals surface area contributed by atoms with Crippen LogP contribution in [0.1, 0.15) is 99.2 Å². The number of fused-ring (bicyclic) bond motifs is 1. The fourth-order valence-electron chi connectivity index (χ4n) is 5.47. The summed E-state index contributed by atoms with van der Waals surface area (Å²) in [7, 11) is 0. The molecule has 0 fully saturated rings. The average Bonchev–Trinajstić information content (AvgIpc) is 3.15. The molecule has 0 radical (unpaired) electrons. The Hall–Kier alpha value is -3.43. The van der Waals surface area contributed by atoms with Gasteiger partial charge in [-0.3, -0.25) is 9.59 Å². The highest BCUT2D eigenvalue weighted by molar-refractivity contribution is 6.02. The summed E-state index contributed by atoms with van der Waals surface area (Å²) >= 11 is 0. The number of ether oxygens (including phenoxy) is 2. The van der Waals surface area contributed by atoms with Gasteiger partial charge in [-0.15, -0.1) is 0 Å². The molecule has 43 heavy (non-hydrogen) atoms. The summed E-state index contributed by atoms with van der Waals surface area (Å²) in [6.07, 6.45) is 2.54. The van der Waals surface area contributed by atoms with Crippen molar-refractivity contribution in [3.63, 3.8) is 0 Å². The van der Waals surface area contributed by atoms with E-state index in [1.165, 1.54) is 4.90 Å². The molecule has 236 valence electrons. The number of hydrogen-bond acceptors (Lipinski definition) is 7. The van der Waals surface area contributed by atoms with Gasteiger partial charge >= 0.3 is 0 Å². The number of amides is 1. The van der Waals surface area contributed by atoms with Gasteiger partial charge in [-0.1, -0.05) is 33.8 Å². The van der Waals surface area contributed by atoms with Crippen LogP contribution < -0.4 is 9.47 Å². The maximum Gasteiger partial charge on any atom is 0.254 e. The van der Waals surface area contributed by atoms with Crippen molar-refractivity contribution < 1.29 is 33.7 Å². The highest BCUT2D eigenvalue weighted by atomic mass is 19.1. The van der Waals surface area contributed by atoms with Gasteiger partial charge < -0.3 is 29.5 Å². The highest BCUT2D eigenvalue weighted by Crippen LogP contribution is 2.51. The lowest BCUT2D eigenvalue weighted by Gasteiger charge is -2.35. The van der Waals surface area contributed by atoms with Crippen LogP contribution in [-0.2, 0) is 11.0 Å². The molecule has 0 bridgehead atoms. The van der Waals surface area contributed by atoms with E-state index in [0.29, 0.717) is 46.7 Å². The van der Waals surface area contributed by atoms with Gasteiger partial charge in [-0.05, 0) is 74.9 Å². The summed E-state index contributed by atoms with van der Waals surface area (Å²) in [5, 5.41) is 18.9. The van der Waals surface area contributed by atoms with Crippen molar-refractivity contribution in [3.05, 3.63) is 64.0 Å². The minimum absolute atomic E-state index is 0.0564. The summed E-state index contributed by atoms with van der Waals surface area (Å²) in [5.74, 6) is -0.729. The Balaban J connectivity index is 2.12. The van der Waals surface area contributed by atoms with Crippen LogP contribution in [0.15, 0.2) is 30.3 Å². The van der Waals surface area contributed by atoms with E-state index < -0.39 is 11.4 Å². The van der Waals surface area contributed by atoms with Gasteiger partial charge in [0.1, 0.15) is 0 Å². The van der Waals surface area contributed by atoms with E-state index in [-0.39, 0.29) is 62.3 Å². The lowest BCUT2D eigenvalue weighted by molar-refractivity contribution is 0.0684. The molecule has 9 heteroatoms. The van der Waals surface area contributed by atoms with E-state index in [4.69, 9.17) is 9.47 Å². The average molecular weight is 599 g/mol. The largest absolute Gasteiger partial charge is 0.490 e. The van der Waals surface area contributed by atoms with Crippen LogP contribution in [0, 0.1) is 5.82 Å². The second kappa shape index (κ2) is 13.9. The van der Waals surface area contributed by atoms with Crippen molar-refractivity contribution >= 4 is 17.4 Å². The van der Waals surface area contributed by atoms with Gasteiger partial charge in [0.05, 0.1) is 38.5 Å². The minimum Gasteiger partial charge on any atom is -0.490 e. The van der Waals surface area contributed by atoms with E-state index in [2.05, 4.69) is 0 Å². The van der Waals surface area contributed by atoms with Crippen LogP contribution in [0.25, 0.3) is 5.70 Å². The predicted molar refractivity (Wildman–Crippen MR) is 166 cm³/mol. The van der Waals surface area contributed by atoms with E-state index in [1.54, 1.807) is 19.1 Å². The van der Waals surface area contributed by atoms with Crippen molar-refractivity contribution in [3.8, 4) is 11.5 Å². The second-order valence-corrected chi connectivity index (χ2v) is 12.2. The van der Waals surface area contributed by atoms with Gasteiger partial charge in [-0.25, -0.2) is 4.39 Å². The van der Waals surface area contributed by atoms with Crippen molar-refractivity contribution in [2.45, 2.75) is 72.8 Å². The van der Waals surface area contributed by atoms with Gasteiger partial charge in [0.15, 0.2) is 23.1 Å². The van der Waals surface area contributed by atoms with Crippen LogP contribution in [0.3, 0.4) is 0 Å². The molecule has 2 N–H and O–H groups in total. The number of aliphatic hydroxyl groups excluding tert-OH is 2. The molecule has 0 saturated heterocycles. The number of carbonyl (C=O) groups excluding carboxylic acids is 2. The molecule has 0 spiro atoms. The number of nitrogens with zero attached hydrogens (tertiary/aromatic N) is 2. The summed E-state index contributed by atoms with van der Waals surface area (Å²) in [6, 6.07) is 6.96. The molecule has 2 aromatic carbocycles. The molecular formula is C34H47FN2O6. The quantitative estimate of drug-likeness (QED) is 0.293. The molecule has 1 aliphatic rings. The lowest BCUT2D eigenvalue weighted by Crippen LogP contribution is -2.39. The maximum absolute atomic E-state index is 16.2. The zero-order valence-electron chi connectivity index (χ0n) is 26.8. The zero-order valence-corrected chi connectivity index (χ0v) is 26.8. The molecular weight excluding hydrogens is 551 g/mol. The molecule has 1 aliphatic heterocycles. The molecule has 0 unspecified atom stereocenters. The Kier molecular flexibility index (Phi) is 11.0. The Morgan fingerprint density at radius 2 is 1.58 bits per heavy atom. The Bertz CT molecular complexity index is 1360. The number of Topliss-reactive ketones (excluding diaryl/α,β-unsaturated/α-hetero) is 1. The number of benzene rings is 2. The number of halogens is 1. The number of hydrogen-bond donors (Lipinski definition) is 2. The zero-order chi connectivity index (χ0) is 32.1. The van der Waals surface area contributed by atoms with Crippen LogP contribution >= 0.6 is 0 Å².